The Balaban J connectivity index is 2.22. The molecule has 0 aromatic heterocycles. The van der Waals surface area contributed by atoms with Crippen molar-refractivity contribution in [3.63, 3.8) is 0 Å². The van der Waals surface area contributed by atoms with Gasteiger partial charge in [0.15, 0.2) is 0 Å². The Morgan fingerprint density at radius 2 is 1.90 bits per heavy atom. The molecule has 0 spiro atoms. The number of hydrogen-bond acceptors (Lipinski definition) is 4. The maximum absolute atomic E-state index is 13.4. The van der Waals surface area contributed by atoms with Crippen molar-refractivity contribution in [2.24, 2.45) is 5.10 Å². The van der Waals surface area contributed by atoms with Crippen molar-refractivity contribution in [3.8, 4) is 0 Å². The van der Waals surface area contributed by atoms with E-state index in [-0.39, 0.29) is 21.8 Å². The Hall–Kier alpha value is -2.47. The number of carbonyl (C=O) groups is 1. The molecule has 1 N–H and O–H groups in total. The van der Waals surface area contributed by atoms with Gasteiger partial charge in [-0.05, 0) is 29.8 Å². The molecule has 0 bridgehead atoms. The number of hydrogen-bond donors (Lipinski definition) is 1. The minimum absolute atomic E-state index is 0.103. The van der Waals surface area contributed by atoms with Gasteiger partial charge in [0.05, 0.1) is 28.5 Å². The number of nitrogens with one attached hydrogen (secondary N) is 1. The molecule has 2 rings (SSSR count). The van der Waals surface area contributed by atoms with Crippen LogP contribution in [0.2, 0.25) is 5.02 Å². The standard InChI is InChI=1S/C14H9ClF2N2O2/c15-10-5-4-8(14(20)21)6-13(10)19-18-7-9-11(16)2-1-3-12(9)17/h1-7,19H,(H,20,21)/p-1/b18-7-. The number of carbonyl (C=O) groups excluding carboxylic acids is 1. The van der Waals surface area contributed by atoms with Gasteiger partial charge in [0, 0.05) is 0 Å². The van der Waals surface area contributed by atoms with E-state index in [9.17, 15) is 18.7 Å². The molecule has 2 aromatic rings. The number of hydrazone groups is 1. The summed E-state index contributed by atoms with van der Waals surface area (Å²) in [7, 11) is 0. The lowest BCUT2D eigenvalue weighted by Crippen LogP contribution is -2.22. The number of anilines is 1. The third kappa shape index (κ3) is 3.55. The highest BCUT2D eigenvalue weighted by Gasteiger charge is 2.06. The number of nitrogens with zero attached hydrogens (tertiary/aromatic N) is 1. The summed E-state index contributed by atoms with van der Waals surface area (Å²) in [4.78, 5) is 10.7. The molecule has 0 saturated heterocycles. The summed E-state index contributed by atoms with van der Waals surface area (Å²) in [5, 5.41) is 14.6. The van der Waals surface area contributed by atoms with Crippen molar-refractivity contribution in [2.45, 2.75) is 0 Å². The lowest BCUT2D eigenvalue weighted by molar-refractivity contribution is -0.255. The summed E-state index contributed by atoms with van der Waals surface area (Å²) in [5.41, 5.74) is 2.17. The molecule has 0 amide bonds. The van der Waals surface area contributed by atoms with Crippen molar-refractivity contribution in [1.29, 1.82) is 0 Å². The summed E-state index contributed by atoms with van der Waals surface area (Å²) in [6.07, 6.45) is 0.937. The number of benzene rings is 2. The SMILES string of the molecule is O=C([O-])c1ccc(Cl)c(N/N=C\c2c(F)cccc2F)c1. The third-order valence-corrected chi connectivity index (χ3v) is 2.91. The first-order valence-corrected chi connectivity index (χ1v) is 6.11. The lowest BCUT2D eigenvalue weighted by Gasteiger charge is -2.07. The van der Waals surface area contributed by atoms with Crippen LogP contribution in [0, 0.1) is 11.6 Å². The van der Waals surface area contributed by atoms with Gasteiger partial charge < -0.3 is 9.90 Å². The van der Waals surface area contributed by atoms with Crippen molar-refractivity contribution < 1.29 is 18.7 Å². The maximum Gasteiger partial charge on any atom is 0.134 e. The minimum Gasteiger partial charge on any atom is -0.545 e. The second-order valence-electron chi connectivity index (χ2n) is 3.99. The molecule has 4 nitrogen and oxygen atoms in total. The molecule has 0 unspecified atom stereocenters. The number of carboxylic acid groups (broad SMARTS) is 1. The largest absolute Gasteiger partial charge is 0.545 e. The predicted molar refractivity (Wildman–Crippen MR) is 73.4 cm³/mol. The van der Waals surface area contributed by atoms with E-state index in [2.05, 4.69) is 10.5 Å². The average molecular weight is 310 g/mol. The van der Waals surface area contributed by atoms with Crippen LogP contribution in [0.4, 0.5) is 14.5 Å². The van der Waals surface area contributed by atoms with Gasteiger partial charge in [-0.25, -0.2) is 8.78 Å². The molecule has 0 heterocycles. The molecule has 0 aliphatic rings. The van der Waals surface area contributed by atoms with E-state index in [0.717, 1.165) is 18.3 Å². The fraction of sp³-hybridized carbons (Fsp3) is 0. The molecule has 0 aliphatic carbocycles. The van der Waals surface area contributed by atoms with E-state index < -0.39 is 17.6 Å². The van der Waals surface area contributed by atoms with Crippen LogP contribution < -0.4 is 10.5 Å². The maximum atomic E-state index is 13.4. The van der Waals surface area contributed by atoms with Gasteiger partial charge in [0.2, 0.25) is 0 Å². The van der Waals surface area contributed by atoms with Crippen LogP contribution in [0.3, 0.4) is 0 Å². The monoisotopic (exact) mass is 309 g/mol. The van der Waals surface area contributed by atoms with E-state index in [4.69, 9.17) is 11.6 Å². The fourth-order valence-corrected chi connectivity index (χ4v) is 1.70. The Bertz CT molecular complexity index is 700. The molecule has 0 radical (unpaired) electrons. The van der Waals surface area contributed by atoms with Crippen LogP contribution in [-0.4, -0.2) is 12.2 Å². The Morgan fingerprint density at radius 3 is 2.52 bits per heavy atom. The fourth-order valence-electron chi connectivity index (χ4n) is 1.54. The van der Waals surface area contributed by atoms with E-state index >= 15 is 0 Å². The second kappa shape index (κ2) is 6.32. The van der Waals surface area contributed by atoms with Crippen molar-refractivity contribution in [2.75, 3.05) is 5.43 Å². The zero-order valence-electron chi connectivity index (χ0n) is 10.4. The molecular weight excluding hydrogens is 302 g/mol. The minimum atomic E-state index is -1.38. The molecule has 0 fully saturated rings. The quantitative estimate of drug-likeness (QED) is 0.697. The average Bonchev–Trinajstić information content (AvgIpc) is 2.43. The molecule has 0 atom stereocenters. The second-order valence-corrected chi connectivity index (χ2v) is 4.39. The molecule has 0 aliphatic heterocycles. The van der Waals surface area contributed by atoms with Crippen molar-refractivity contribution in [3.05, 3.63) is 64.2 Å². The predicted octanol–water partition coefficient (Wildman–Crippen LogP) is 2.43. The summed E-state index contributed by atoms with van der Waals surface area (Å²) in [6, 6.07) is 7.22. The lowest BCUT2D eigenvalue weighted by atomic mass is 10.2. The van der Waals surface area contributed by atoms with Crippen LogP contribution in [0.5, 0.6) is 0 Å². The number of aromatic carboxylic acids is 1. The topological polar surface area (TPSA) is 64.5 Å². The molecule has 0 saturated carbocycles. The molecular formula is C14H8ClF2N2O2-. The number of halogens is 3. The number of rotatable bonds is 4. The van der Waals surface area contributed by atoms with E-state index in [0.29, 0.717) is 0 Å². The molecule has 21 heavy (non-hydrogen) atoms. The zero-order valence-corrected chi connectivity index (χ0v) is 11.2. The van der Waals surface area contributed by atoms with Gasteiger partial charge in [-0.2, -0.15) is 5.10 Å². The van der Waals surface area contributed by atoms with Gasteiger partial charge in [0.25, 0.3) is 0 Å². The Labute approximate surface area is 123 Å². The first kappa shape index (κ1) is 14.9. The summed E-state index contributed by atoms with van der Waals surface area (Å²) >= 11 is 5.85. The number of carboxylic acids is 1. The summed E-state index contributed by atoms with van der Waals surface area (Å²) in [6.45, 7) is 0. The Morgan fingerprint density at radius 1 is 1.24 bits per heavy atom. The summed E-state index contributed by atoms with van der Waals surface area (Å²) in [5.74, 6) is -2.91. The Kier molecular flexibility index (Phi) is 4.49. The first-order valence-electron chi connectivity index (χ1n) is 5.73. The normalized spacial score (nSPS) is 10.8. The first-order chi connectivity index (χ1) is 9.99. The zero-order chi connectivity index (χ0) is 15.4. The van der Waals surface area contributed by atoms with E-state index in [1.54, 1.807) is 0 Å². The molecule has 108 valence electrons. The van der Waals surface area contributed by atoms with E-state index in [1.165, 1.54) is 24.3 Å². The highest BCUT2D eigenvalue weighted by Crippen LogP contribution is 2.22. The van der Waals surface area contributed by atoms with Gasteiger partial charge >= 0.3 is 0 Å². The van der Waals surface area contributed by atoms with Crippen molar-refractivity contribution in [1.82, 2.24) is 0 Å². The van der Waals surface area contributed by atoms with Crippen LogP contribution in [0.15, 0.2) is 41.5 Å². The molecule has 2 aromatic carbocycles. The van der Waals surface area contributed by atoms with Crippen LogP contribution in [0.25, 0.3) is 0 Å². The van der Waals surface area contributed by atoms with Gasteiger partial charge in [-0.15, -0.1) is 0 Å². The van der Waals surface area contributed by atoms with Gasteiger partial charge in [-0.3, -0.25) is 5.43 Å². The smallest absolute Gasteiger partial charge is 0.134 e. The van der Waals surface area contributed by atoms with Gasteiger partial charge in [-0.1, -0.05) is 23.7 Å². The van der Waals surface area contributed by atoms with E-state index in [1.807, 2.05) is 0 Å². The third-order valence-electron chi connectivity index (χ3n) is 2.58. The van der Waals surface area contributed by atoms with Crippen molar-refractivity contribution >= 4 is 29.5 Å². The highest BCUT2D eigenvalue weighted by molar-refractivity contribution is 6.33. The van der Waals surface area contributed by atoms with Crippen LogP contribution in [-0.2, 0) is 0 Å². The highest BCUT2D eigenvalue weighted by atomic mass is 35.5. The molecule has 7 heteroatoms. The van der Waals surface area contributed by atoms with Crippen LogP contribution in [0.1, 0.15) is 15.9 Å². The van der Waals surface area contributed by atoms with Crippen LogP contribution >= 0.6 is 11.6 Å². The summed E-state index contributed by atoms with van der Waals surface area (Å²) < 4.78 is 26.7. The van der Waals surface area contributed by atoms with Gasteiger partial charge in [0.1, 0.15) is 11.6 Å².